The van der Waals surface area contributed by atoms with Crippen LogP contribution in [0.2, 0.25) is 0 Å². The summed E-state index contributed by atoms with van der Waals surface area (Å²) in [6.45, 7) is 8.04. The molecule has 0 aliphatic rings. The monoisotopic (exact) mass is 257 g/mol. The first-order chi connectivity index (χ1) is 8.99. The molecule has 0 saturated heterocycles. The summed E-state index contributed by atoms with van der Waals surface area (Å²) in [7, 11) is 0. The van der Waals surface area contributed by atoms with Crippen molar-refractivity contribution >= 4 is 11.6 Å². The maximum absolute atomic E-state index is 12.1. The van der Waals surface area contributed by atoms with E-state index in [1.165, 1.54) is 0 Å². The molecular formula is C16H19NO2. The normalized spacial score (nSPS) is 10.8. The number of nitrogens with one attached hydrogen (secondary N) is 1. The minimum absolute atomic E-state index is 0.204. The minimum atomic E-state index is -0.204. The molecule has 100 valence electrons. The molecule has 0 fully saturated rings. The number of aryl methyl sites for hydroxylation is 2. The highest BCUT2D eigenvalue weighted by Gasteiger charge is 2.15. The number of amides is 1. The first-order valence-corrected chi connectivity index (χ1v) is 6.46. The standard InChI is InChI=1S/C16H19NO2/c1-10(2)13-7-5-6-11(3)15(13)17-16(18)14-9-8-12(4)19-14/h5-10H,1-4H3,(H,17,18). The molecule has 1 heterocycles. The van der Waals surface area contributed by atoms with Crippen LogP contribution in [0.15, 0.2) is 34.7 Å². The summed E-state index contributed by atoms with van der Waals surface area (Å²) in [6.07, 6.45) is 0. The zero-order chi connectivity index (χ0) is 14.0. The third-order valence-electron chi connectivity index (χ3n) is 3.13. The number of carbonyl (C=O) groups excluding carboxylic acids is 1. The lowest BCUT2D eigenvalue weighted by molar-refractivity contribution is 0.0995. The molecule has 0 saturated carbocycles. The first kappa shape index (κ1) is 13.4. The van der Waals surface area contributed by atoms with Crippen LogP contribution in [0.1, 0.15) is 47.2 Å². The Bertz CT molecular complexity index is 597. The highest BCUT2D eigenvalue weighted by atomic mass is 16.3. The van der Waals surface area contributed by atoms with Gasteiger partial charge in [0.25, 0.3) is 5.91 Å². The molecule has 0 spiro atoms. The molecule has 2 aromatic rings. The predicted molar refractivity (Wildman–Crippen MR) is 76.7 cm³/mol. The van der Waals surface area contributed by atoms with Gasteiger partial charge in [0, 0.05) is 5.69 Å². The number of hydrogen-bond acceptors (Lipinski definition) is 2. The van der Waals surface area contributed by atoms with E-state index in [0.29, 0.717) is 11.7 Å². The fourth-order valence-electron chi connectivity index (χ4n) is 2.07. The number of para-hydroxylation sites is 1. The molecule has 0 bridgehead atoms. The molecule has 2 rings (SSSR count). The second-order valence-electron chi connectivity index (χ2n) is 5.06. The van der Waals surface area contributed by atoms with Gasteiger partial charge in [-0.1, -0.05) is 32.0 Å². The Balaban J connectivity index is 2.31. The van der Waals surface area contributed by atoms with E-state index in [1.54, 1.807) is 12.1 Å². The Morgan fingerprint density at radius 1 is 1.16 bits per heavy atom. The van der Waals surface area contributed by atoms with Crippen LogP contribution in [0, 0.1) is 13.8 Å². The largest absolute Gasteiger partial charge is 0.456 e. The third-order valence-corrected chi connectivity index (χ3v) is 3.13. The van der Waals surface area contributed by atoms with Gasteiger partial charge in [0.1, 0.15) is 5.76 Å². The fraction of sp³-hybridized carbons (Fsp3) is 0.312. The van der Waals surface area contributed by atoms with E-state index in [9.17, 15) is 4.79 Å². The molecule has 1 amide bonds. The van der Waals surface area contributed by atoms with Crippen LogP contribution >= 0.6 is 0 Å². The number of anilines is 1. The summed E-state index contributed by atoms with van der Waals surface area (Å²) in [5.41, 5.74) is 3.08. The number of rotatable bonds is 3. The van der Waals surface area contributed by atoms with Gasteiger partial charge >= 0.3 is 0 Å². The Kier molecular flexibility index (Phi) is 3.74. The molecule has 1 N–H and O–H groups in total. The average Bonchev–Trinajstić information content (AvgIpc) is 2.78. The summed E-state index contributed by atoms with van der Waals surface area (Å²) >= 11 is 0. The van der Waals surface area contributed by atoms with Gasteiger partial charge < -0.3 is 9.73 Å². The van der Waals surface area contributed by atoms with Crippen LogP contribution in [0.4, 0.5) is 5.69 Å². The van der Waals surface area contributed by atoms with E-state index in [2.05, 4.69) is 19.2 Å². The van der Waals surface area contributed by atoms with Crippen molar-refractivity contribution in [2.75, 3.05) is 5.32 Å². The van der Waals surface area contributed by atoms with Gasteiger partial charge in [-0.3, -0.25) is 4.79 Å². The Morgan fingerprint density at radius 2 is 1.89 bits per heavy atom. The predicted octanol–water partition coefficient (Wildman–Crippen LogP) is 4.27. The second kappa shape index (κ2) is 5.31. The van der Waals surface area contributed by atoms with Gasteiger partial charge in [-0.2, -0.15) is 0 Å². The summed E-state index contributed by atoms with van der Waals surface area (Å²) in [6, 6.07) is 9.53. The van der Waals surface area contributed by atoms with Crippen LogP contribution in [-0.4, -0.2) is 5.91 Å². The highest BCUT2D eigenvalue weighted by molar-refractivity contribution is 6.03. The Labute approximate surface area is 113 Å². The molecule has 1 aromatic carbocycles. The summed E-state index contributed by atoms with van der Waals surface area (Å²) in [5.74, 6) is 1.23. The highest BCUT2D eigenvalue weighted by Crippen LogP contribution is 2.27. The van der Waals surface area contributed by atoms with E-state index in [0.717, 1.165) is 22.6 Å². The van der Waals surface area contributed by atoms with E-state index < -0.39 is 0 Å². The van der Waals surface area contributed by atoms with Crippen LogP contribution in [0.5, 0.6) is 0 Å². The molecule has 0 atom stereocenters. The van der Waals surface area contributed by atoms with E-state index >= 15 is 0 Å². The smallest absolute Gasteiger partial charge is 0.291 e. The van der Waals surface area contributed by atoms with Crippen molar-refractivity contribution in [3.63, 3.8) is 0 Å². The van der Waals surface area contributed by atoms with Crippen molar-refractivity contribution in [3.8, 4) is 0 Å². The number of carbonyl (C=O) groups is 1. The maximum atomic E-state index is 12.1. The topological polar surface area (TPSA) is 42.2 Å². The van der Waals surface area contributed by atoms with Crippen molar-refractivity contribution in [2.24, 2.45) is 0 Å². The van der Waals surface area contributed by atoms with E-state index in [4.69, 9.17) is 4.42 Å². The molecule has 0 unspecified atom stereocenters. The number of furan rings is 1. The average molecular weight is 257 g/mol. The lowest BCUT2D eigenvalue weighted by Gasteiger charge is -2.15. The quantitative estimate of drug-likeness (QED) is 0.892. The Morgan fingerprint density at radius 3 is 2.47 bits per heavy atom. The fourth-order valence-corrected chi connectivity index (χ4v) is 2.07. The van der Waals surface area contributed by atoms with E-state index in [1.807, 2.05) is 32.0 Å². The van der Waals surface area contributed by atoms with Crippen molar-refractivity contribution in [1.82, 2.24) is 0 Å². The molecule has 3 heteroatoms. The van der Waals surface area contributed by atoms with Gasteiger partial charge in [-0.25, -0.2) is 0 Å². The van der Waals surface area contributed by atoms with E-state index in [-0.39, 0.29) is 5.91 Å². The van der Waals surface area contributed by atoms with Gasteiger partial charge in [-0.15, -0.1) is 0 Å². The summed E-state index contributed by atoms with van der Waals surface area (Å²) < 4.78 is 5.35. The van der Waals surface area contributed by atoms with Gasteiger partial charge in [0.15, 0.2) is 5.76 Å². The van der Waals surface area contributed by atoms with Crippen molar-refractivity contribution in [1.29, 1.82) is 0 Å². The maximum Gasteiger partial charge on any atom is 0.291 e. The first-order valence-electron chi connectivity index (χ1n) is 6.46. The van der Waals surface area contributed by atoms with Crippen molar-refractivity contribution < 1.29 is 9.21 Å². The molecule has 0 aliphatic carbocycles. The summed E-state index contributed by atoms with van der Waals surface area (Å²) in [4.78, 5) is 12.1. The van der Waals surface area contributed by atoms with Gasteiger partial charge in [-0.05, 0) is 43.0 Å². The minimum Gasteiger partial charge on any atom is -0.456 e. The van der Waals surface area contributed by atoms with Gasteiger partial charge in [0.05, 0.1) is 0 Å². The zero-order valence-corrected chi connectivity index (χ0v) is 11.8. The SMILES string of the molecule is Cc1ccc(C(=O)Nc2c(C)cccc2C(C)C)o1. The molecular weight excluding hydrogens is 238 g/mol. The molecule has 0 aliphatic heterocycles. The van der Waals surface area contributed by atoms with Crippen LogP contribution in [-0.2, 0) is 0 Å². The summed E-state index contributed by atoms with van der Waals surface area (Å²) in [5, 5.41) is 2.96. The lowest BCUT2D eigenvalue weighted by atomic mass is 9.98. The number of hydrogen-bond donors (Lipinski definition) is 1. The molecule has 1 aromatic heterocycles. The van der Waals surface area contributed by atoms with Crippen LogP contribution in [0.3, 0.4) is 0 Å². The van der Waals surface area contributed by atoms with Crippen molar-refractivity contribution in [3.05, 3.63) is 53.0 Å². The molecule has 19 heavy (non-hydrogen) atoms. The zero-order valence-electron chi connectivity index (χ0n) is 11.8. The lowest BCUT2D eigenvalue weighted by Crippen LogP contribution is -2.14. The molecule has 3 nitrogen and oxygen atoms in total. The van der Waals surface area contributed by atoms with Crippen LogP contribution in [0.25, 0.3) is 0 Å². The second-order valence-corrected chi connectivity index (χ2v) is 5.06. The third kappa shape index (κ3) is 2.87. The van der Waals surface area contributed by atoms with Gasteiger partial charge in [0.2, 0.25) is 0 Å². The molecule has 0 radical (unpaired) electrons. The van der Waals surface area contributed by atoms with Crippen LogP contribution < -0.4 is 5.32 Å². The number of benzene rings is 1. The van der Waals surface area contributed by atoms with Crippen molar-refractivity contribution in [2.45, 2.75) is 33.6 Å². The Hall–Kier alpha value is -2.03.